The smallest absolute Gasteiger partial charge is 0.0991 e. The molecule has 0 amide bonds. The van der Waals surface area contributed by atoms with E-state index in [-0.39, 0.29) is 0 Å². The lowest BCUT2D eigenvalue weighted by molar-refractivity contribution is 0.254. The summed E-state index contributed by atoms with van der Waals surface area (Å²) in [4.78, 5) is 2.60. The standard InChI is InChI=1S/C23H30N2/c1-17(2)15-23(22-5-4-6-22)18(3)25-13-11-21(12-14-25)20-9-7-19(16-24)8-10-20/h7-10,15,21-22H,4-6,11-14H2,1-3H3/b23-18+. The van der Waals surface area contributed by atoms with E-state index in [1.165, 1.54) is 48.9 Å². The number of benzene rings is 1. The van der Waals surface area contributed by atoms with Gasteiger partial charge in [-0.3, -0.25) is 0 Å². The molecule has 1 saturated carbocycles. The Morgan fingerprint density at radius 1 is 1.04 bits per heavy atom. The van der Waals surface area contributed by atoms with E-state index < -0.39 is 0 Å². The molecule has 1 saturated heterocycles. The Morgan fingerprint density at radius 3 is 2.16 bits per heavy atom. The average Bonchev–Trinajstić information content (AvgIpc) is 2.59. The van der Waals surface area contributed by atoms with Crippen molar-refractivity contribution in [3.05, 3.63) is 58.3 Å². The van der Waals surface area contributed by atoms with Crippen molar-refractivity contribution in [1.29, 1.82) is 5.26 Å². The van der Waals surface area contributed by atoms with Crippen LogP contribution in [0.25, 0.3) is 0 Å². The molecule has 0 atom stereocenters. The Labute approximate surface area is 152 Å². The highest BCUT2D eigenvalue weighted by Gasteiger charge is 2.26. The molecule has 2 aliphatic rings. The van der Waals surface area contributed by atoms with Gasteiger partial charge in [-0.2, -0.15) is 5.26 Å². The third-order valence-corrected chi connectivity index (χ3v) is 5.89. The van der Waals surface area contributed by atoms with Crippen molar-refractivity contribution in [2.24, 2.45) is 5.92 Å². The van der Waals surface area contributed by atoms with Gasteiger partial charge in [-0.1, -0.05) is 30.2 Å². The van der Waals surface area contributed by atoms with Crippen molar-refractivity contribution in [2.45, 2.75) is 58.8 Å². The largest absolute Gasteiger partial charge is 0.375 e. The third-order valence-electron chi connectivity index (χ3n) is 5.89. The fourth-order valence-electron chi connectivity index (χ4n) is 4.11. The van der Waals surface area contributed by atoms with Gasteiger partial charge in [0.05, 0.1) is 11.6 Å². The summed E-state index contributed by atoms with van der Waals surface area (Å²) < 4.78 is 0. The monoisotopic (exact) mass is 334 g/mol. The van der Waals surface area contributed by atoms with E-state index in [1.54, 1.807) is 5.57 Å². The summed E-state index contributed by atoms with van der Waals surface area (Å²) in [5.74, 6) is 1.42. The zero-order valence-corrected chi connectivity index (χ0v) is 15.9. The van der Waals surface area contributed by atoms with Crippen molar-refractivity contribution >= 4 is 0 Å². The van der Waals surface area contributed by atoms with Crippen molar-refractivity contribution in [1.82, 2.24) is 4.90 Å². The van der Waals surface area contributed by atoms with Crippen LogP contribution in [0.4, 0.5) is 0 Å². The molecular formula is C23H30N2. The molecule has 3 rings (SSSR count). The van der Waals surface area contributed by atoms with Gasteiger partial charge in [0.2, 0.25) is 0 Å². The van der Waals surface area contributed by atoms with Crippen molar-refractivity contribution in [3.63, 3.8) is 0 Å². The van der Waals surface area contributed by atoms with E-state index in [0.29, 0.717) is 5.92 Å². The van der Waals surface area contributed by atoms with Crippen LogP contribution in [0.2, 0.25) is 0 Å². The highest BCUT2D eigenvalue weighted by molar-refractivity contribution is 5.34. The molecule has 25 heavy (non-hydrogen) atoms. The highest BCUT2D eigenvalue weighted by atomic mass is 15.1. The predicted octanol–water partition coefficient (Wildman–Crippen LogP) is 5.78. The zero-order valence-electron chi connectivity index (χ0n) is 15.9. The number of hydrogen-bond acceptors (Lipinski definition) is 2. The molecule has 1 aromatic carbocycles. The number of nitrogens with zero attached hydrogens (tertiary/aromatic N) is 2. The van der Waals surface area contributed by atoms with Crippen LogP contribution in [0.3, 0.4) is 0 Å². The number of likely N-dealkylation sites (tertiary alicyclic amines) is 1. The summed E-state index contributed by atoms with van der Waals surface area (Å²) in [5.41, 5.74) is 6.65. The molecule has 1 aliphatic heterocycles. The lowest BCUT2D eigenvalue weighted by Crippen LogP contribution is -2.33. The fraction of sp³-hybridized carbons (Fsp3) is 0.522. The van der Waals surface area contributed by atoms with Crippen molar-refractivity contribution in [2.75, 3.05) is 13.1 Å². The van der Waals surface area contributed by atoms with Crippen LogP contribution in [0.15, 0.2) is 47.2 Å². The SMILES string of the molecule is CC(C)=C/C(=C(/C)N1CCC(c2ccc(C#N)cc2)CC1)C1CCC1. The minimum absolute atomic E-state index is 0.632. The van der Waals surface area contributed by atoms with Gasteiger partial charge in [0.25, 0.3) is 0 Å². The van der Waals surface area contributed by atoms with E-state index in [0.717, 1.165) is 24.6 Å². The average molecular weight is 335 g/mol. The topological polar surface area (TPSA) is 27.0 Å². The summed E-state index contributed by atoms with van der Waals surface area (Å²) in [6.07, 6.45) is 8.94. The third kappa shape index (κ3) is 4.15. The first kappa shape index (κ1) is 17.8. The summed E-state index contributed by atoms with van der Waals surface area (Å²) in [5, 5.41) is 8.95. The van der Waals surface area contributed by atoms with Crippen LogP contribution in [0, 0.1) is 17.2 Å². The van der Waals surface area contributed by atoms with Crippen molar-refractivity contribution < 1.29 is 0 Å². The molecular weight excluding hydrogens is 304 g/mol. The van der Waals surface area contributed by atoms with Gasteiger partial charge in [-0.25, -0.2) is 0 Å². The van der Waals surface area contributed by atoms with Gasteiger partial charge < -0.3 is 4.90 Å². The van der Waals surface area contributed by atoms with E-state index >= 15 is 0 Å². The highest BCUT2D eigenvalue weighted by Crippen LogP contribution is 2.38. The number of hydrogen-bond donors (Lipinski definition) is 0. The first-order valence-electron chi connectivity index (χ1n) is 9.69. The van der Waals surface area contributed by atoms with Gasteiger partial charge in [-0.05, 0) is 81.6 Å². The molecule has 1 aromatic rings. The molecule has 0 spiro atoms. The van der Waals surface area contributed by atoms with E-state index in [9.17, 15) is 0 Å². The van der Waals surface area contributed by atoms with Gasteiger partial charge in [0.1, 0.15) is 0 Å². The van der Waals surface area contributed by atoms with Gasteiger partial charge in [0, 0.05) is 18.8 Å². The van der Waals surface area contributed by atoms with Crippen LogP contribution in [-0.2, 0) is 0 Å². The number of rotatable bonds is 4. The molecule has 0 radical (unpaired) electrons. The minimum Gasteiger partial charge on any atom is -0.375 e. The predicted molar refractivity (Wildman–Crippen MR) is 104 cm³/mol. The minimum atomic E-state index is 0.632. The Balaban J connectivity index is 1.68. The maximum atomic E-state index is 8.95. The summed E-state index contributed by atoms with van der Waals surface area (Å²) in [7, 11) is 0. The van der Waals surface area contributed by atoms with E-state index in [2.05, 4.69) is 49.9 Å². The maximum absolute atomic E-state index is 8.95. The van der Waals surface area contributed by atoms with Crippen LogP contribution in [0.1, 0.15) is 69.9 Å². The van der Waals surface area contributed by atoms with Crippen LogP contribution in [0.5, 0.6) is 0 Å². The summed E-state index contributed by atoms with van der Waals surface area (Å²) >= 11 is 0. The lowest BCUT2D eigenvalue weighted by atomic mass is 9.78. The molecule has 0 bridgehead atoms. The second kappa shape index (κ2) is 7.91. The Hall–Kier alpha value is -2.01. The van der Waals surface area contributed by atoms with E-state index in [4.69, 9.17) is 5.26 Å². The fourth-order valence-corrected chi connectivity index (χ4v) is 4.11. The molecule has 2 nitrogen and oxygen atoms in total. The normalized spacial score (nSPS) is 19.7. The van der Waals surface area contributed by atoms with E-state index in [1.807, 2.05) is 12.1 Å². The van der Waals surface area contributed by atoms with Gasteiger partial charge in [-0.15, -0.1) is 0 Å². The second-order valence-electron chi connectivity index (χ2n) is 7.89. The zero-order chi connectivity index (χ0) is 17.8. The lowest BCUT2D eigenvalue weighted by Gasteiger charge is -2.38. The van der Waals surface area contributed by atoms with Gasteiger partial charge >= 0.3 is 0 Å². The van der Waals surface area contributed by atoms with Crippen LogP contribution < -0.4 is 0 Å². The quantitative estimate of drug-likeness (QED) is 0.653. The molecule has 0 aromatic heterocycles. The molecule has 132 valence electrons. The number of piperidine rings is 1. The Kier molecular flexibility index (Phi) is 5.63. The summed E-state index contributed by atoms with van der Waals surface area (Å²) in [6.45, 7) is 9.04. The molecule has 2 fully saturated rings. The first-order valence-corrected chi connectivity index (χ1v) is 9.69. The first-order chi connectivity index (χ1) is 12.1. The summed E-state index contributed by atoms with van der Waals surface area (Å²) in [6, 6.07) is 10.4. The Bertz CT molecular complexity index is 687. The van der Waals surface area contributed by atoms with Crippen molar-refractivity contribution in [3.8, 4) is 6.07 Å². The molecule has 2 heteroatoms. The van der Waals surface area contributed by atoms with Crippen LogP contribution in [-0.4, -0.2) is 18.0 Å². The van der Waals surface area contributed by atoms with Crippen LogP contribution >= 0.6 is 0 Å². The molecule has 1 aliphatic carbocycles. The maximum Gasteiger partial charge on any atom is 0.0991 e. The molecule has 0 N–H and O–H groups in total. The van der Waals surface area contributed by atoms with Gasteiger partial charge in [0.15, 0.2) is 0 Å². The number of allylic oxidation sites excluding steroid dienone is 4. The number of nitriles is 1. The molecule has 1 heterocycles. The Morgan fingerprint density at radius 2 is 1.68 bits per heavy atom. The molecule has 0 unspecified atom stereocenters. The second-order valence-corrected chi connectivity index (χ2v) is 7.89.